The lowest BCUT2D eigenvalue weighted by Gasteiger charge is -2.11. The fourth-order valence-corrected chi connectivity index (χ4v) is 4.02. The predicted octanol–water partition coefficient (Wildman–Crippen LogP) is 2.94. The molecule has 0 aliphatic carbocycles. The van der Waals surface area contributed by atoms with E-state index in [2.05, 4.69) is 20.7 Å². The second-order valence-electron chi connectivity index (χ2n) is 7.43. The highest BCUT2D eigenvalue weighted by Gasteiger charge is 2.17. The van der Waals surface area contributed by atoms with Crippen molar-refractivity contribution in [2.75, 3.05) is 12.4 Å². The summed E-state index contributed by atoms with van der Waals surface area (Å²) < 4.78 is 7.44. The molecule has 3 aromatic carbocycles. The third-order valence-electron chi connectivity index (χ3n) is 4.95. The SMILES string of the molecule is CCOc1ccc(-n2c(SCC(=O)N/N=C\c3ccc(C(=O)[O-])cc3)nnc2-c2ccccc2)cc1. The molecule has 0 saturated heterocycles. The molecule has 0 spiro atoms. The summed E-state index contributed by atoms with van der Waals surface area (Å²) in [5.74, 6) is -0.107. The second-order valence-corrected chi connectivity index (χ2v) is 8.37. The number of carbonyl (C=O) groups is 2. The maximum atomic E-state index is 12.4. The lowest BCUT2D eigenvalue weighted by atomic mass is 10.1. The summed E-state index contributed by atoms with van der Waals surface area (Å²) in [4.78, 5) is 23.2. The lowest BCUT2D eigenvalue weighted by molar-refractivity contribution is -0.255. The van der Waals surface area contributed by atoms with Crippen LogP contribution in [0.2, 0.25) is 0 Å². The molecule has 1 heterocycles. The summed E-state index contributed by atoms with van der Waals surface area (Å²) >= 11 is 1.23. The van der Waals surface area contributed by atoms with Gasteiger partial charge in [-0.05, 0) is 42.3 Å². The van der Waals surface area contributed by atoms with Crippen molar-refractivity contribution in [1.29, 1.82) is 0 Å². The Morgan fingerprint density at radius 2 is 1.75 bits per heavy atom. The van der Waals surface area contributed by atoms with Gasteiger partial charge in [-0.15, -0.1) is 10.2 Å². The molecular weight excluding hydrogens is 478 g/mol. The van der Waals surface area contributed by atoms with Crippen LogP contribution in [0.25, 0.3) is 17.1 Å². The Labute approximate surface area is 211 Å². The summed E-state index contributed by atoms with van der Waals surface area (Å²) in [6.07, 6.45) is 1.43. The zero-order valence-corrected chi connectivity index (χ0v) is 20.1. The third kappa shape index (κ3) is 6.16. The Morgan fingerprint density at radius 3 is 2.42 bits per heavy atom. The summed E-state index contributed by atoms with van der Waals surface area (Å²) in [5.41, 5.74) is 4.90. The lowest BCUT2D eigenvalue weighted by Crippen LogP contribution is -2.22. The summed E-state index contributed by atoms with van der Waals surface area (Å²) in [7, 11) is 0. The van der Waals surface area contributed by atoms with E-state index in [0.29, 0.717) is 23.2 Å². The molecule has 0 aliphatic heterocycles. The van der Waals surface area contributed by atoms with Gasteiger partial charge in [0.15, 0.2) is 11.0 Å². The number of carbonyl (C=O) groups excluding carboxylic acids is 2. The topological polar surface area (TPSA) is 122 Å². The fourth-order valence-electron chi connectivity index (χ4n) is 3.27. The standard InChI is InChI=1S/C26H23N5O4S/c1-2-35-22-14-12-21(13-15-22)31-24(19-6-4-3-5-7-19)29-30-26(31)36-17-23(32)28-27-16-18-8-10-20(11-9-18)25(33)34/h3-16H,2,17H2,1H3,(H,28,32)(H,33,34)/p-1/b27-16-. The van der Waals surface area contributed by atoms with E-state index >= 15 is 0 Å². The van der Waals surface area contributed by atoms with Gasteiger partial charge in [-0.25, -0.2) is 5.43 Å². The van der Waals surface area contributed by atoms with Crippen molar-refractivity contribution in [3.05, 3.63) is 90.0 Å². The number of carboxylic acid groups (broad SMARTS) is 1. The number of thioether (sulfide) groups is 1. The van der Waals surface area contributed by atoms with Crippen molar-refractivity contribution in [2.45, 2.75) is 12.1 Å². The molecule has 0 unspecified atom stereocenters. The molecule has 0 saturated carbocycles. The molecule has 0 atom stereocenters. The minimum Gasteiger partial charge on any atom is -0.545 e. The molecule has 9 nitrogen and oxygen atoms in total. The van der Waals surface area contributed by atoms with Crippen LogP contribution in [0.4, 0.5) is 0 Å². The van der Waals surface area contributed by atoms with Gasteiger partial charge in [-0.1, -0.05) is 66.4 Å². The van der Waals surface area contributed by atoms with Gasteiger partial charge in [0.1, 0.15) is 5.75 Å². The van der Waals surface area contributed by atoms with Crippen LogP contribution in [-0.2, 0) is 4.79 Å². The van der Waals surface area contributed by atoms with Gasteiger partial charge < -0.3 is 14.6 Å². The number of aromatic nitrogens is 3. The van der Waals surface area contributed by atoms with Crippen LogP contribution < -0.4 is 15.3 Å². The van der Waals surface area contributed by atoms with E-state index < -0.39 is 5.97 Å². The number of aromatic carboxylic acids is 1. The average Bonchev–Trinajstić information content (AvgIpc) is 3.33. The number of hydrazone groups is 1. The summed E-state index contributed by atoms with van der Waals surface area (Å²) in [6.45, 7) is 2.50. The van der Waals surface area contributed by atoms with Crippen LogP contribution >= 0.6 is 11.8 Å². The number of benzene rings is 3. The molecular formula is C26H22N5O4S-. The summed E-state index contributed by atoms with van der Waals surface area (Å²) in [6, 6.07) is 23.2. The number of rotatable bonds is 10. The van der Waals surface area contributed by atoms with Crippen molar-refractivity contribution in [3.8, 4) is 22.8 Å². The molecule has 0 aliphatic rings. The van der Waals surface area contributed by atoms with E-state index in [9.17, 15) is 14.7 Å². The Morgan fingerprint density at radius 1 is 1.03 bits per heavy atom. The fraction of sp³-hybridized carbons (Fsp3) is 0.115. The Balaban J connectivity index is 1.47. The van der Waals surface area contributed by atoms with Gasteiger partial charge in [0.05, 0.1) is 24.5 Å². The number of ether oxygens (including phenoxy) is 1. The van der Waals surface area contributed by atoms with E-state index in [1.165, 1.54) is 30.1 Å². The summed E-state index contributed by atoms with van der Waals surface area (Å²) in [5, 5.41) is 24.0. The van der Waals surface area contributed by atoms with Gasteiger partial charge in [0.2, 0.25) is 0 Å². The third-order valence-corrected chi connectivity index (χ3v) is 5.88. The first-order valence-corrected chi connectivity index (χ1v) is 12.0. The monoisotopic (exact) mass is 500 g/mol. The van der Waals surface area contributed by atoms with Crippen LogP contribution in [-0.4, -0.2) is 45.2 Å². The number of nitrogens with zero attached hydrogens (tertiary/aromatic N) is 4. The number of amides is 1. The van der Waals surface area contributed by atoms with E-state index in [0.717, 1.165) is 17.0 Å². The van der Waals surface area contributed by atoms with Gasteiger partial charge in [0, 0.05) is 11.3 Å². The minimum atomic E-state index is -1.25. The molecule has 10 heteroatoms. The van der Waals surface area contributed by atoms with E-state index in [1.54, 1.807) is 12.1 Å². The largest absolute Gasteiger partial charge is 0.545 e. The van der Waals surface area contributed by atoms with Gasteiger partial charge in [-0.3, -0.25) is 9.36 Å². The molecule has 0 fully saturated rings. The molecule has 4 aromatic rings. The van der Waals surface area contributed by atoms with Crippen LogP contribution in [0, 0.1) is 0 Å². The number of hydrogen-bond acceptors (Lipinski definition) is 8. The van der Waals surface area contributed by atoms with Gasteiger partial charge in [-0.2, -0.15) is 5.10 Å². The smallest absolute Gasteiger partial charge is 0.250 e. The minimum absolute atomic E-state index is 0.0604. The van der Waals surface area contributed by atoms with Crippen molar-refractivity contribution in [3.63, 3.8) is 0 Å². The van der Waals surface area contributed by atoms with Crippen LogP contribution in [0.15, 0.2) is 89.1 Å². The van der Waals surface area contributed by atoms with E-state index in [4.69, 9.17) is 4.74 Å². The number of carboxylic acids is 1. The molecule has 0 radical (unpaired) electrons. The number of nitrogens with one attached hydrogen (secondary N) is 1. The van der Waals surface area contributed by atoms with Crippen molar-refractivity contribution < 1.29 is 19.4 Å². The Hall–Kier alpha value is -4.44. The maximum absolute atomic E-state index is 12.4. The maximum Gasteiger partial charge on any atom is 0.250 e. The average molecular weight is 501 g/mol. The van der Waals surface area contributed by atoms with Crippen LogP contribution in [0.1, 0.15) is 22.8 Å². The van der Waals surface area contributed by atoms with E-state index in [1.807, 2.05) is 66.1 Å². The first-order chi connectivity index (χ1) is 17.5. The first-order valence-electron chi connectivity index (χ1n) is 11.1. The van der Waals surface area contributed by atoms with Crippen LogP contribution in [0.5, 0.6) is 5.75 Å². The quantitative estimate of drug-likeness (QED) is 0.202. The van der Waals surface area contributed by atoms with Crippen molar-refractivity contribution in [2.24, 2.45) is 5.10 Å². The number of hydrogen-bond donors (Lipinski definition) is 1. The van der Waals surface area contributed by atoms with Crippen LogP contribution in [0.3, 0.4) is 0 Å². The highest BCUT2D eigenvalue weighted by atomic mass is 32.2. The second kappa shape index (κ2) is 11.8. The van der Waals surface area contributed by atoms with E-state index in [-0.39, 0.29) is 17.2 Å². The highest BCUT2D eigenvalue weighted by molar-refractivity contribution is 7.99. The van der Waals surface area contributed by atoms with Crippen molar-refractivity contribution >= 4 is 29.9 Å². The van der Waals surface area contributed by atoms with Gasteiger partial charge >= 0.3 is 0 Å². The zero-order chi connectivity index (χ0) is 25.3. The Bertz CT molecular complexity index is 1350. The zero-order valence-electron chi connectivity index (χ0n) is 19.3. The molecule has 1 N–H and O–H groups in total. The Kier molecular flexibility index (Phi) is 8.09. The highest BCUT2D eigenvalue weighted by Crippen LogP contribution is 2.28. The molecule has 4 rings (SSSR count). The van der Waals surface area contributed by atoms with Gasteiger partial charge in [0.25, 0.3) is 5.91 Å². The predicted molar refractivity (Wildman–Crippen MR) is 135 cm³/mol. The molecule has 36 heavy (non-hydrogen) atoms. The molecule has 0 bridgehead atoms. The molecule has 1 aromatic heterocycles. The molecule has 182 valence electrons. The normalized spacial score (nSPS) is 10.9. The van der Waals surface area contributed by atoms with Crippen molar-refractivity contribution in [1.82, 2.24) is 20.2 Å². The molecule has 1 amide bonds. The first kappa shape index (κ1) is 24.7.